The van der Waals surface area contributed by atoms with Crippen molar-refractivity contribution in [2.24, 2.45) is 0 Å². The molecule has 4 heteroatoms. The molecule has 0 aromatic heterocycles. The van der Waals surface area contributed by atoms with E-state index >= 15 is 0 Å². The second-order valence-electron chi connectivity index (χ2n) is 3.22. The molecule has 0 saturated heterocycles. The number of carbonyl (C=O) groups is 2. The monoisotopic (exact) mass is 261 g/mol. The van der Waals surface area contributed by atoms with Crippen LogP contribution in [0.2, 0.25) is 0 Å². The summed E-state index contributed by atoms with van der Waals surface area (Å²) in [5.74, 6) is -2.17. The quantitative estimate of drug-likeness (QED) is 0.843. The molecule has 0 bridgehead atoms. The Hall–Kier alpha value is -2.62. The summed E-state index contributed by atoms with van der Waals surface area (Å²) in [5, 5.41) is 17.0. The molecule has 0 heterocycles. The Bertz CT molecular complexity index is 421. The Morgan fingerprint density at radius 1 is 1.21 bits per heavy atom. The summed E-state index contributed by atoms with van der Waals surface area (Å²) in [4.78, 5) is 18.7. The summed E-state index contributed by atoms with van der Waals surface area (Å²) in [6, 6.07) is 10.0. The summed E-state index contributed by atoms with van der Waals surface area (Å²) >= 11 is 0. The molecule has 1 aromatic carbocycles. The Balaban J connectivity index is 0. The summed E-state index contributed by atoms with van der Waals surface area (Å²) in [5.41, 5.74) is 1.35. The summed E-state index contributed by atoms with van der Waals surface area (Å²) in [7, 11) is 0. The van der Waals surface area contributed by atoms with Gasteiger partial charge >= 0.3 is 5.97 Å². The molecule has 0 fully saturated rings. The molecule has 0 aliphatic rings. The van der Waals surface area contributed by atoms with Gasteiger partial charge in [0.05, 0.1) is 5.97 Å². The van der Waals surface area contributed by atoms with Crippen LogP contribution in [0.1, 0.15) is 12.5 Å². The van der Waals surface area contributed by atoms with Gasteiger partial charge in [-0.3, -0.25) is 0 Å². The van der Waals surface area contributed by atoms with Crippen LogP contribution in [0.25, 0.3) is 6.08 Å². The van der Waals surface area contributed by atoms with Crippen LogP contribution < -0.4 is 5.11 Å². The van der Waals surface area contributed by atoms with Crippen molar-refractivity contribution in [3.8, 4) is 0 Å². The molecule has 1 aromatic rings. The normalized spacial score (nSPS) is 7.63. The van der Waals surface area contributed by atoms with Crippen molar-refractivity contribution in [1.29, 1.82) is 0 Å². The molecule has 0 radical (unpaired) electrons. The van der Waals surface area contributed by atoms with Crippen LogP contribution >= 0.6 is 0 Å². The number of carbonyl (C=O) groups excluding carboxylic acids is 1. The van der Waals surface area contributed by atoms with E-state index in [0.29, 0.717) is 0 Å². The van der Waals surface area contributed by atoms with Crippen LogP contribution in [-0.2, 0) is 9.59 Å². The van der Waals surface area contributed by atoms with Crippen LogP contribution in [0.5, 0.6) is 0 Å². The maximum atomic E-state index is 9.60. The Morgan fingerprint density at radius 3 is 1.74 bits per heavy atom. The smallest absolute Gasteiger partial charge is 0.330 e. The number of aliphatic carboxylic acids is 2. The summed E-state index contributed by atoms with van der Waals surface area (Å²) in [6.07, 6.45) is 2.56. The van der Waals surface area contributed by atoms with Gasteiger partial charge < -0.3 is 15.0 Å². The third kappa shape index (κ3) is 15.4. The molecular weight excluding hydrogens is 244 g/mol. The van der Waals surface area contributed by atoms with E-state index in [-0.39, 0.29) is 5.57 Å². The van der Waals surface area contributed by atoms with Gasteiger partial charge in [-0.25, -0.2) is 4.79 Å². The minimum atomic E-state index is -1.23. The van der Waals surface area contributed by atoms with E-state index in [2.05, 4.69) is 19.7 Å². The van der Waals surface area contributed by atoms with E-state index in [0.717, 1.165) is 6.08 Å². The minimum absolute atomic E-state index is 0.176. The number of benzene rings is 1. The molecule has 0 saturated carbocycles. The molecular formula is C15H17O4-. The molecule has 4 nitrogen and oxygen atoms in total. The Kier molecular flexibility index (Phi) is 11.7. The van der Waals surface area contributed by atoms with Crippen LogP contribution in [0.4, 0.5) is 0 Å². The summed E-state index contributed by atoms with van der Waals surface area (Å²) < 4.78 is 0. The van der Waals surface area contributed by atoms with Gasteiger partial charge in [0.1, 0.15) is 0 Å². The largest absolute Gasteiger partial charge is 0.545 e. The highest BCUT2D eigenvalue weighted by Crippen LogP contribution is 1.97. The van der Waals surface area contributed by atoms with E-state index in [1.165, 1.54) is 12.5 Å². The van der Waals surface area contributed by atoms with Crippen molar-refractivity contribution >= 4 is 18.0 Å². The number of hydrogen-bond acceptors (Lipinski definition) is 3. The molecule has 0 atom stereocenters. The van der Waals surface area contributed by atoms with Gasteiger partial charge in [-0.1, -0.05) is 56.1 Å². The third-order valence-corrected chi connectivity index (χ3v) is 1.57. The topological polar surface area (TPSA) is 77.4 Å². The van der Waals surface area contributed by atoms with Crippen LogP contribution in [0.15, 0.2) is 61.7 Å². The van der Waals surface area contributed by atoms with Crippen LogP contribution in [-0.4, -0.2) is 17.0 Å². The molecule has 0 aliphatic heterocycles. The zero-order valence-electron chi connectivity index (χ0n) is 10.8. The van der Waals surface area contributed by atoms with E-state index in [1.807, 2.05) is 36.4 Å². The number of carboxylic acid groups (broad SMARTS) is 2. The standard InChI is InChI=1S/C8H8.C4H6O2.C3H4O2/c1-2-8-6-4-3-5-7-8;1-3(2)4(5)6;1-2-3(4)5/h2-7H,1H2;1H2,2H3,(H,5,6);2H,1H2,(H,4,5)/p-1. The van der Waals surface area contributed by atoms with Crippen molar-refractivity contribution in [3.05, 3.63) is 67.3 Å². The second-order valence-corrected chi connectivity index (χ2v) is 3.22. The average molecular weight is 261 g/mol. The lowest BCUT2D eigenvalue weighted by Gasteiger charge is -1.85. The Morgan fingerprint density at radius 2 is 1.58 bits per heavy atom. The molecule has 102 valence electrons. The highest BCUT2D eigenvalue weighted by molar-refractivity contribution is 5.84. The highest BCUT2D eigenvalue weighted by atomic mass is 16.4. The van der Waals surface area contributed by atoms with Crippen LogP contribution in [0.3, 0.4) is 0 Å². The molecule has 0 unspecified atom stereocenters. The maximum Gasteiger partial charge on any atom is 0.330 e. The maximum absolute atomic E-state index is 9.60. The van der Waals surface area contributed by atoms with Crippen LogP contribution in [0, 0.1) is 0 Å². The lowest BCUT2D eigenvalue weighted by atomic mass is 10.2. The van der Waals surface area contributed by atoms with E-state index in [1.54, 1.807) is 0 Å². The van der Waals surface area contributed by atoms with Gasteiger partial charge in [-0.2, -0.15) is 0 Å². The highest BCUT2D eigenvalue weighted by Gasteiger charge is 1.90. The summed E-state index contributed by atoms with van der Waals surface area (Å²) in [6.45, 7) is 11.1. The van der Waals surface area contributed by atoms with E-state index < -0.39 is 11.9 Å². The van der Waals surface area contributed by atoms with E-state index in [4.69, 9.17) is 15.0 Å². The van der Waals surface area contributed by atoms with Crippen molar-refractivity contribution in [2.75, 3.05) is 0 Å². The first-order valence-electron chi connectivity index (χ1n) is 5.24. The SMILES string of the molecule is C=C(C)C(=O)O.C=CC(=O)[O-].C=Cc1ccccc1. The lowest BCUT2D eigenvalue weighted by Crippen LogP contribution is -2.17. The van der Waals surface area contributed by atoms with Crippen molar-refractivity contribution < 1.29 is 19.8 Å². The molecule has 19 heavy (non-hydrogen) atoms. The van der Waals surface area contributed by atoms with Gasteiger partial charge in [0.15, 0.2) is 0 Å². The van der Waals surface area contributed by atoms with E-state index in [9.17, 15) is 4.79 Å². The van der Waals surface area contributed by atoms with Crippen molar-refractivity contribution in [1.82, 2.24) is 0 Å². The number of carboxylic acids is 2. The van der Waals surface area contributed by atoms with Gasteiger partial charge in [-0.15, -0.1) is 0 Å². The lowest BCUT2D eigenvalue weighted by molar-refractivity contribution is -0.297. The molecule has 1 rings (SSSR count). The fraction of sp³-hybridized carbons (Fsp3) is 0.0667. The minimum Gasteiger partial charge on any atom is -0.545 e. The fourth-order valence-corrected chi connectivity index (χ4v) is 0.589. The first-order chi connectivity index (χ1) is 8.84. The van der Waals surface area contributed by atoms with Crippen molar-refractivity contribution in [2.45, 2.75) is 6.92 Å². The predicted octanol–water partition coefficient (Wildman–Crippen LogP) is 1.90. The van der Waals surface area contributed by atoms with Gasteiger partial charge in [0.2, 0.25) is 0 Å². The average Bonchev–Trinajstić information content (AvgIpc) is 2.40. The zero-order chi connectivity index (χ0) is 15.3. The van der Waals surface area contributed by atoms with Gasteiger partial charge in [0.25, 0.3) is 0 Å². The second kappa shape index (κ2) is 11.9. The zero-order valence-corrected chi connectivity index (χ0v) is 10.8. The molecule has 1 N–H and O–H groups in total. The first-order valence-corrected chi connectivity index (χ1v) is 5.24. The van der Waals surface area contributed by atoms with Crippen molar-refractivity contribution in [3.63, 3.8) is 0 Å². The third-order valence-electron chi connectivity index (χ3n) is 1.57. The van der Waals surface area contributed by atoms with Gasteiger partial charge in [0, 0.05) is 5.57 Å². The molecule has 0 spiro atoms. The predicted molar refractivity (Wildman–Crippen MR) is 74.2 cm³/mol. The molecule has 0 amide bonds. The first kappa shape index (κ1) is 18.7. The Labute approximate surface area is 113 Å². The number of rotatable bonds is 3. The number of hydrogen-bond donors (Lipinski definition) is 1. The fourth-order valence-electron chi connectivity index (χ4n) is 0.589. The molecule has 0 aliphatic carbocycles. The van der Waals surface area contributed by atoms with Gasteiger partial charge in [-0.05, 0) is 18.6 Å².